The Morgan fingerprint density at radius 2 is 2.00 bits per heavy atom. The lowest BCUT2D eigenvalue weighted by Crippen LogP contribution is -2.26. The number of carbonyl (C=O) groups is 1. The van der Waals surface area contributed by atoms with Crippen LogP contribution in [0.1, 0.15) is 30.6 Å². The van der Waals surface area contributed by atoms with Crippen molar-refractivity contribution in [1.29, 1.82) is 0 Å². The molecule has 3 N–H and O–H groups in total. The molecule has 17 heavy (non-hydrogen) atoms. The Morgan fingerprint density at radius 3 is 2.53 bits per heavy atom. The number of aliphatic hydroxyl groups excluding tert-OH is 1. The van der Waals surface area contributed by atoms with Crippen LogP contribution in [-0.2, 0) is 0 Å². The molecule has 0 radical (unpaired) electrons. The Kier molecular flexibility index (Phi) is 5.49. The predicted octanol–water partition coefficient (Wildman–Crippen LogP) is 1.62. The molecule has 0 saturated carbocycles. The van der Waals surface area contributed by atoms with Crippen LogP contribution < -0.4 is 10.6 Å². The molecule has 0 aromatic heterocycles. The first-order chi connectivity index (χ1) is 8.17. The van der Waals surface area contributed by atoms with E-state index in [0.717, 1.165) is 12.1 Å². The van der Waals surface area contributed by atoms with Crippen molar-refractivity contribution in [2.45, 2.75) is 26.3 Å². The van der Waals surface area contributed by atoms with Crippen molar-refractivity contribution in [3.63, 3.8) is 0 Å². The fourth-order valence-electron chi connectivity index (χ4n) is 1.38. The van der Waals surface area contributed by atoms with Crippen LogP contribution >= 0.6 is 0 Å². The predicted molar refractivity (Wildman–Crippen MR) is 69.2 cm³/mol. The summed E-state index contributed by atoms with van der Waals surface area (Å²) in [6.45, 7) is 4.47. The number of carbonyl (C=O) groups excluding carboxylic acids is 1. The minimum Gasteiger partial charge on any atom is -0.395 e. The number of aliphatic hydroxyl groups is 1. The van der Waals surface area contributed by atoms with Crippen molar-refractivity contribution in [3.8, 4) is 0 Å². The SMILES string of the molecule is CCC(C)Nc1ccc(C(=O)NCCO)cc1. The molecule has 94 valence electrons. The van der Waals surface area contributed by atoms with E-state index in [2.05, 4.69) is 24.5 Å². The molecule has 0 bridgehead atoms. The van der Waals surface area contributed by atoms with Crippen molar-refractivity contribution in [3.05, 3.63) is 29.8 Å². The standard InChI is InChI=1S/C13H20N2O2/c1-3-10(2)15-12-6-4-11(5-7-12)13(17)14-8-9-16/h4-7,10,15-16H,3,8-9H2,1-2H3,(H,14,17). The zero-order valence-electron chi connectivity index (χ0n) is 10.4. The third-order valence-corrected chi connectivity index (χ3v) is 2.57. The van der Waals surface area contributed by atoms with Gasteiger partial charge in [-0.1, -0.05) is 6.92 Å². The van der Waals surface area contributed by atoms with Crippen LogP contribution in [0.15, 0.2) is 24.3 Å². The van der Waals surface area contributed by atoms with Gasteiger partial charge in [0.15, 0.2) is 0 Å². The summed E-state index contributed by atoms with van der Waals surface area (Å²) in [6, 6.07) is 7.75. The number of hydrogen-bond donors (Lipinski definition) is 3. The normalized spacial score (nSPS) is 11.9. The number of anilines is 1. The number of rotatable bonds is 6. The van der Waals surface area contributed by atoms with Crippen molar-refractivity contribution in [2.75, 3.05) is 18.5 Å². The smallest absolute Gasteiger partial charge is 0.251 e. The maximum absolute atomic E-state index is 11.6. The largest absolute Gasteiger partial charge is 0.395 e. The van der Waals surface area contributed by atoms with Gasteiger partial charge in [0.25, 0.3) is 5.91 Å². The van der Waals surface area contributed by atoms with Crippen LogP contribution in [0.3, 0.4) is 0 Å². The van der Waals surface area contributed by atoms with Gasteiger partial charge in [0.2, 0.25) is 0 Å². The molecule has 0 fully saturated rings. The number of amides is 1. The first-order valence-electron chi connectivity index (χ1n) is 5.93. The molecule has 1 aromatic rings. The molecule has 0 spiro atoms. The van der Waals surface area contributed by atoms with Crippen LogP contribution in [0.4, 0.5) is 5.69 Å². The second-order valence-electron chi connectivity index (χ2n) is 4.01. The number of benzene rings is 1. The summed E-state index contributed by atoms with van der Waals surface area (Å²) in [5, 5.41) is 14.5. The second-order valence-corrected chi connectivity index (χ2v) is 4.01. The zero-order valence-corrected chi connectivity index (χ0v) is 10.4. The van der Waals surface area contributed by atoms with Crippen molar-refractivity contribution in [2.24, 2.45) is 0 Å². The molecule has 0 aliphatic heterocycles. The minimum absolute atomic E-state index is 0.0423. The molecule has 1 aromatic carbocycles. The summed E-state index contributed by atoms with van der Waals surface area (Å²) in [6.07, 6.45) is 1.05. The molecule has 1 atom stereocenters. The summed E-state index contributed by atoms with van der Waals surface area (Å²) in [4.78, 5) is 11.6. The highest BCUT2D eigenvalue weighted by Crippen LogP contribution is 2.11. The van der Waals surface area contributed by atoms with Crippen LogP contribution in [0.5, 0.6) is 0 Å². The first-order valence-corrected chi connectivity index (χ1v) is 5.93. The maximum Gasteiger partial charge on any atom is 0.251 e. The van der Waals surface area contributed by atoms with Crippen LogP contribution in [0, 0.1) is 0 Å². The molecule has 1 amide bonds. The molecule has 4 nitrogen and oxygen atoms in total. The van der Waals surface area contributed by atoms with Crippen molar-refractivity contribution < 1.29 is 9.90 Å². The first kappa shape index (κ1) is 13.5. The summed E-state index contributed by atoms with van der Waals surface area (Å²) in [7, 11) is 0. The Balaban J connectivity index is 2.58. The molecule has 0 aliphatic rings. The molecular formula is C13H20N2O2. The van der Waals surface area contributed by atoms with Crippen molar-refractivity contribution in [1.82, 2.24) is 5.32 Å². The van der Waals surface area contributed by atoms with Gasteiger partial charge in [0, 0.05) is 23.8 Å². The molecule has 0 saturated heterocycles. The summed E-state index contributed by atoms with van der Waals surface area (Å²) < 4.78 is 0. The molecular weight excluding hydrogens is 216 g/mol. The quantitative estimate of drug-likeness (QED) is 0.703. The molecule has 1 rings (SSSR count). The fraction of sp³-hybridized carbons (Fsp3) is 0.462. The molecule has 0 heterocycles. The van der Waals surface area contributed by atoms with E-state index in [1.54, 1.807) is 12.1 Å². The highest BCUT2D eigenvalue weighted by Gasteiger charge is 2.04. The van der Waals surface area contributed by atoms with E-state index in [-0.39, 0.29) is 19.1 Å². The second kappa shape index (κ2) is 6.91. The molecule has 0 aliphatic carbocycles. The average molecular weight is 236 g/mol. The van der Waals surface area contributed by atoms with Gasteiger partial charge in [-0.3, -0.25) is 4.79 Å². The van der Waals surface area contributed by atoms with Gasteiger partial charge in [0.05, 0.1) is 6.61 Å². The Labute approximate surface area is 102 Å². The summed E-state index contributed by atoms with van der Waals surface area (Å²) in [5.41, 5.74) is 1.62. The topological polar surface area (TPSA) is 61.4 Å². The van der Waals surface area contributed by atoms with Gasteiger partial charge >= 0.3 is 0 Å². The Hall–Kier alpha value is -1.55. The van der Waals surface area contributed by atoms with E-state index >= 15 is 0 Å². The van der Waals surface area contributed by atoms with E-state index < -0.39 is 0 Å². The van der Waals surface area contributed by atoms with Crippen molar-refractivity contribution >= 4 is 11.6 Å². The Morgan fingerprint density at radius 1 is 1.35 bits per heavy atom. The monoisotopic (exact) mass is 236 g/mol. The average Bonchev–Trinajstić information content (AvgIpc) is 2.36. The van der Waals surface area contributed by atoms with E-state index in [0.29, 0.717) is 11.6 Å². The number of hydrogen-bond acceptors (Lipinski definition) is 3. The van der Waals surface area contributed by atoms with E-state index in [1.807, 2.05) is 12.1 Å². The van der Waals surface area contributed by atoms with Gasteiger partial charge < -0.3 is 15.7 Å². The van der Waals surface area contributed by atoms with Crippen LogP contribution in [-0.4, -0.2) is 30.2 Å². The lowest BCUT2D eigenvalue weighted by atomic mass is 10.1. The third-order valence-electron chi connectivity index (χ3n) is 2.57. The molecule has 4 heteroatoms. The highest BCUT2D eigenvalue weighted by atomic mass is 16.3. The lowest BCUT2D eigenvalue weighted by Gasteiger charge is -2.13. The van der Waals surface area contributed by atoms with Crippen LogP contribution in [0.25, 0.3) is 0 Å². The van der Waals surface area contributed by atoms with Gasteiger partial charge in [-0.05, 0) is 37.6 Å². The van der Waals surface area contributed by atoms with E-state index in [1.165, 1.54) is 0 Å². The molecule has 1 unspecified atom stereocenters. The lowest BCUT2D eigenvalue weighted by molar-refractivity contribution is 0.0945. The maximum atomic E-state index is 11.6. The highest BCUT2D eigenvalue weighted by molar-refractivity contribution is 5.94. The van der Waals surface area contributed by atoms with E-state index in [9.17, 15) is 4.79 Å². The Bertz CT molecular complexity index is 349. The van der Waals surface area contributed by atoms with Gasteiger partial charge in [-0.25, -0.2) is 0 Å². The van der Waals surface area contributed by atoms with Gasteiger partial charge in [-0.15, -0.1) is 0 Å². The summed E-state index contributed by atoms with van der Waals surface area (Å²) >= 11 is 0. The van der Waals surface area contributed by atoms with E-state index in [4.69, 9.17) is 5.11 Å². The van der Waals surface area contributed by atoms with Gasteiger partial charge in [0.1, 0.15) is 0 Å². The van der Waals surface area contributed by atoms with Crippen LogP contribution in [0.2, 0.25) is 0 Å². The zero-order chi connectivity index (χ0) is 12.7. The van der Waals surface area contributed by atoms with Gasteiger partial charge in [-0.2, -0.15) is 0 Å². The minimum atomic E-state index is -0.158. The fourth-order valence-corrected chi connectivity index (χ4v) is 1.38. The third kappa shape index (κ3) is 4.44. The number of nitrogens with one attached hydrogen (secondary N) is 2. The summed E-state index contributed by atoms with van der Waals surface area (Å²) in [5.74, 6) is -0.158.